The van der Waals surface area contributed by atoms with Gasteiger partial charge < -0.3 is 4.90 Å². The van der Waals surface area contributed by atoms with Crippen LogP contribution < -0.4 is 4.90 Å². The number of pyridine rings is 1. The minimum atomic E-state index is -3.66. The number of anilines is 1. The quantitative estimate of drug-likeness (QED) is 0.769. The van der Waals surface area contributed by atoms with Crippen LogP contribution in [0.2, 0.25) is 0 Å². The zero-order chi connectivity index (χ0) is 13.4. The third-order valence-corrected chi connectivity index (χ3v) is 3.70. The summed E-state index contributed by atoms with van der Waals surface area (Å²) < 4.78 is 52.2. The van der Waals surface area contributed by atoms with Crippen molar-refractivity contribution in [2.75, 3.05) is 25.1 Å². The standard InChI is InChI=1S/C10H12F2N2O3S/c1-17-18(15,16)5-8-3-2-4-9(13-8)14-6-10(11,12)7-14/h2-4H,5-7H2,1H3. The van der Waals surface area contributed by atoms with Gasteiger partial charge in [-0.05, 0) is 12.1 Å². The highest BCUT2D eigenvalue weighted by atomic mass is 32.2. The van der Waals surface area contributed by atoms with Gasteiger partial charge in [0, 0.05) is 0 Å². The number of hydrogen-bond acceptors (Lipinski definition) is 5. The molecule has 2 heterocycles. The zero-order valence-electron chi connectivity index (χ0n) is 9.64. The molecule has 1 aliphatic rings. The molecule has 0 N–H and O–H groups in total. The molecule has 0 spiro atoms. The third kappa shape index (κ3) is 2.94. The summed E-state index contributed by atoms with van der Waals surface area (Å²) in [7, 11) is -2.59. The molecule has 1 fully saturated rings. The Kier molecular flexibility index (Phi) is 3.24. The number of aromatic nitrogens is 1. The van der Waals surface area contributed by atoms with Crippen LogP contribution in [0.1, 0.15) is 5.69 Å². The largest absolute Gasteiger partial charge is 0.344 e. The maximum Gasteiger partial charge on any atom is 0.282 e. The van der Waals surface area contributed by atoms with Gasteiger partial charge in [-0.2, -0.15) is 8.42 Å². The molecule has 0 bridgehead atoms. The molecule has 2 rings (SSSR count). The van der Waals surface area contributed by atoms with Crippen LogP contribution in [0.15, 0.2) is 18.2 Å². The molecule has 8 heteroatoms. The van der Waals surface area contributed by atoms with Gasteiger partial charge in [0.15, 0.2) is 0 Å². The molecular formula is C10H12F2N2O3S. The van der Waals surface area contributed by atoms with Crippen LogP contribution in [-0.2, 0) is 20.1 Å². The van der Waals surface area contributed by atoms with E-state index >= 15 is 0 Å². The zero-order valence-corrected chi connectivity index (χ0v) is 10.5. The SMILES string of the molecule is COS(=O)(=O)Cc1cccc(N2CC(F)(F)C2)n1. The molecule has 0 unspecified atom stereocenters. The van der Waals surface area contributed by atoms with Crippen LogP contribution in [0.25, 0.3) is 0 Å². The van der Waals surface area contributed by atoms with E-state index in [1.54, 1.807) is 12.1 Å². The molecule has 100 valence electrons. The van der Waals surface area contributed by atoms with E-state index in [2.05, 4.69) is 9.17 Å². The molecule has 5 nitrogen and oxygen atoms in total. The molecule has 0 aromatic carbocycles. The monoisotopic (exact) mass is 278 g/mol. The maximum atomic E-state index is 12.7. The Morgan fingerprint density at radius 3 is 2.67 bits per heavy atom. The number of hydrogen-bond donors (Lipinski definition) is 0. The van der Waals surface area contributed by atoms with Crippen molar-refractivity contribution >= 4 is 15.9 Å². The van der Waals surface area contributed by atoms with E-state index in [0.717, 1.165) is 7.11 Å². The van der Waals surface area contributed by atoms with E-state index in [1.807, 2.05) is 0 Å². The summed E-state index contributed by atoms with van der Waals surface area (Å²) in [5.41, 5.74) is 0.268. The van der Waals surface area contributed by atoms with Gasteiger partial charge in [-0.3, -0.25) is 4.18 Å². The lowest BCUT2D eigenvalue weighted by Gasteiger charge is -2.39. The topological polar surface area (TPSA) is 59.5 Å². The van der Waals surface area contributed by atoms with Gasteiger partial charge in [-0.15, -0.1) is 0 Å². The molecule has 18 heavy (non-hydrogen) atoms. The van der Waals surface area contributed by atoms with Gasteiger partial charge in [-0.25, -0.2) is 13.8 Å². The van der Waals surface area contributed by atoms with Crippen molar-refractivity contribution in [1.29, 1.82) is 0 Å². The second-order valence-electron chi connectivity index (χ2n) is 4.07. The molecule has 0 radical (unpaired) electrons. The maximum absolute atomic E-state index is 12.7. The molecule has 0 atom stereocenters. The van der Waals surface area contributed by atoms with Crippen LogP contribution in [0.3, 0.4) is 0 Å². The summed E-state index contributed by atoms with van der Waals surface area (Å²) in [5.74, 6) is -2.71. The van der Waals surface area contributed by atoms with E-state index in [1.165, 1.54) is 11.0 Å². The van der Waals surface area contributed by atoms with E-state index in [9.17, 15) is 17.2 Å². The van der Waals surface area contributed by atoms with Crippen molar-refractivity contribution in [1.82, 2.24) is 4.98 Å². The summed E-state index contributed by atoms with van der Waals surface area (Å²) in [6.07, 6.45) is 0. The van der Waals surface area contributed by atoms with Gasteiger partial charge >= 0.3 is 0 Å². The molecule has 1 aromatic heterocycles. The molecule has 0 saturated carbocycles. The van der Waals surface area contributed by atoms with E-state index in [-0.39, 0.29) is 24.5 Å². The highest BCUT2D eigenvalue weighted by molar-refractivity contribution is 7.85. The lowest BCUT2D eigenvalue weighted by atomic mass is 10.1. The summed E-state index contributed by atoms with van der Waals surface area (Å²) >= 11 is 0. The highest BCUT2D eigenvalue weighted by Crippen LogP contribution is 2.30. The van der Waals surface area contributed by atoms with E-state index < -0.39 is 16.0 Å². The molecule has 1 aromatic rings. The van der Waals surface area contributed by atoms with Crippen LogP contribution in [-0.4, -0.2) is 39.5 Å². The Balaban J connectivity index is 2.12. The Morgan fingerprint density at radius 1 is 1.44 bits per heavy atom. The predicted octanol–water partition coefficient (Wildman–Crippen LogP) is 1.01. The number of nitrogens with zero attached hydrogens (tertiary/aromatic N) is 2. The molecule has 0 aliphatic carbocycles. The number of rotatable bonds is 4. The number of alkyl halides is 2. The summed E-state index contributed by atoms with van der Waals surface area (Å²) in [6.45, 7) is -0.777. The van der Waals surface area contributed by atoms with Crippen LogP contribution >= 0.6 is 0 Å². The lowest BCUT2D eigenvalue weighted by Crippen LogP contribution is -2.56. The second-order valence-corrected chi connectivity index (χ2v) is 5.81. The van der Waals surface area contributed by atoms with Gasteiger partial charge in [-0.1, -0.05) is 6.07 Å². The normalized spacial score (nSPS) is 18.5. The summed E-state index contributed by atoms with van der Waals surface area (Å²) in [5, 5.41) is 0. The first-order valence-corrected chi connectivity index (χ1v) is 6.76. The van der Waals surface area contributed by atoms with E-state index in [4.69, 9.17) is 0 Å². The van der Waals surface area contributed by atoms with Crippen molar-refractivity contribution in [3.8, 4) is 0 Å². The first-order chi connectivity index (χ1) is 8.31. The third-order valence-electron chi connectivity index (χ3n) is 2.54. The van der Waals surface area contributed by atoms with E-state index in [0.29, 0.717) is 5.82 Å². The van der Waals surface area contributed by atoms with Crippen molar-refractivity contribution in [3.05, 3.63) is 23.9 Å². The molecule has 1 aliphatic heterocycles. The first-order valence-electron chi connectivity index (χ1n) is 5.18. The lowest BCUT2D eigenvalue weighted by molar-refractivity contribution is -0.0267. The minimum Gasteiger partial charge on any atom is -0.344 e. The summed E-state index contributed by atoms with van der Waals surface area (Å²) in [6, 6.07) is 4.66. The van der Waals surface area contributed by atoms with Gasteiger partial charge in [0.2, 0.25) is 0 Å². The number of halogens is 2. The second kappa shape index (κ2) is 4.43. The summed E-state index contributed by atoms with van der Waals surface area (Å²) in [4.78, 5) is 5.42. The van der Waals surface area contributed by atoms with Gasteiger partial charge in [0.25, 0.3) is 16.0 Å². The first kappa shape index (κ1) is 13.2. The Labute approximate surface area is 104 Å². The highest BCUT2D eigenvalue weighted by Gasteiger charge is 2.44. The van der Waals surface area contributed by atoms with Gasteiger partial charge in [0.1, 0.15) is 11.6 Å². The van der Waals surface area contributed by atoms with Crippen LogP contribution in [0.5, 0.6) is 0 Å². The fourth-order valence-electron chi connectivity index (χ4n) is 1.64. The Bertz CT molecular complexity index is 540. The minimum absolute atomic E-state index is 0.268. The van der Waals surface area contributed by atoms with Crippen molar-refractivity contribution in [3.63, 3.8) is 0 Å². The van der Waals surface area contributed by atoms with Crippen molar-refractivity contribution < 1.29 is 21.4 Å². The van der Waals surface area contributed by atoms with Crippen LogP contribution in [0.4, 0.5) is 14.6 Å². The smallest absolute Gasteiger partial charge is 0.282 e. The van der Waals surface area contributed by atoms with Crippen molar-refractivity contribution in [2.45, 2.75) is 11.7 Å². The molecular weight excluding hydrogens is 266 g/mol. The Morgan fingerprint density at radius 2 is 2.11 bits per heavy atom. The average Bonchev–Trinajstić information content (AvgIpc) is 2.25. The van der Waals surface area contributed by atoms with Crippen molar-refractivity contribution in [2.24, 2.45) is 0 Å². The fourth-order valence-corrected chi connectivity index (χ4v) is 2.28. The predicted molar refractivity (Wildman–Crippen MR) is 61.0 cm³/mol. The fraction of sp³-hybridized carbons (Fsp3) is 0.500. The average molecular weight is 278 g/mol. The van der Waals surface area contributed by atoms with Gasteiger partial charge in [0.05, 0.1) is 25.9 Å². The molecule has 0 amide bonds. The van der Waals surface area contributed by atoms with Crippen LogP contribution in [0, 0.1) is 0 Å². The Hall–Kier alpha value is -1.28. The molecule has 1 saturated heterocycles.